The van der Waals surface area contributed by atoms with Crippen molar-refractivity contribution in [3.63, 3.8) is 0 Å². The number of benzene rings is 2. The van der Waals surface area contributed by atoms with Crippen LogP contribution in [0.5, 0.6) is 0 Å². The predicted molar refractivity (Wildman–Crippen MR) is 94.4 cm³/mol. The summed E-state index contributed by atoms with van der Waals surface area (Å²) < 4.78 is 27.9. The Labute approximate surface area is 143 Å². The molecule has 2 saturated heterocycles. The monoisotopic (exact) mass is 352 g/mol. The van der Waals surface area contributed by atoms with Gasteiger partial charge in [-0.05, 0) is 42.8 Å². The lowest BCUT2D eigenvalue weighted by atomic mass is 9.90. The van der Waals surface area contributed by atoms with Gasteiger partial charge in [0.25, 0.3) is 0 Å². The number of hydrogen-bond donors (Lipinski definition) is 1. The van der Waals surface area contributed by atoms with Crippen molar-refractivity contribution in [3.05, 3.63) is 42.5 Å². The molecule has 6 heteroatoms. The molecule has 2 aromatic carbocycles. The maximum Gasteiger partial charge on any atom is 0.243 e. The van der Waals surface area contributed by atoms with Crippen LogP contribution in [0, 0.1) is 11.8 Å². The molecule has 0 aromatic heterocycles. The highest BCUT2D eigenvalue weighted by Gasteiger charge is 2.38. The number of hydrogen-bond acceptors (Lipinski definition) is 3. The van der Waals surface area contributed by atoms with Gasteiger partial charge in [-0.25, -0.2) is 8.42 Å². The van der Waals surface area contributed by atoms with Crippen LogP contribution in [0.1, 0.15) is 6.42 Å². The molecule has 2 atom stereocenters. The van der Waals surface area contributed by atoms with Gasteiger partial charge in [-0.15, -0.1) is 12.4 Å². The van der Waals surface area contributed by atoms with E-state index in [0.29, 0.717) is 29.8 Å². The first-order valence-electron chi connectivity index (χ1n) is 7.85. The molecule has 2 aromatic rings. The Morgan fingerprint density at radius 1 is 1.00 bits per heavy atom. The number of piperidine rings is 1. The average Bonchev–Trinajstić information content (AvgIpc) is 3.02. The first-order valence-corrected chi connectivity index (χ1v) is 9.29. The summed E-state index contributed by atoms with van der Waals surface area (Å²) in [6, 6.07) is 13.2. The van der Waals surface area contributed by atoms with E-state index >= 15 is 0 Å². The molecular weight excluding hydrogens is 332 g/mol. The summed E-state index contributed by atoms with van der Waals surface area (Å²) in [7, 11) is -3.42. The third-order valence-corrected chi connectivity index (χ3v) is 6.96. The van der Waals surface area contributed by atoms with E-state index in [-0.39, 0.29) is 12.4 Å². The van der Waals surface area contributed by atoms with Crippen molar-refractivity contribution < 1.29 is 8.42 Å². The third-order valence-electron chi connectivity index (χ3n) is 5.03. The Hall–Kier alpha value is -1.14. The zero-order valence-electron chi connectivity index (χ0n) is 12.8. The van der Waals surface area contributed by atoms with Gasteiger partial charge in [0, 0.05) is 18.5 Å². The van der Waals surface area contributed by atoms with Gasteiger partial charge in [-0.3, -0.25) is 0 Å². The second-order valence-electron chi connectivity index (χ2n) is 6.31. The zero-order valence-corrected chi connectivity index (χ0v) is 14.4. The van der Waals surface area contributed by atoms with Crippen molar-refractivity contribution in [1.82, 2.24) is 9.62 Å². The van der Waals surface area contributed by atoms with Crippen molar-refractivity contribution >= 4 is 33.2 Å². The molecule has 2 aliphatic rings. The molecule has 2 fully saturated rings. The zero-order chi connectivity index (χ0) is 15.2. The lowest BCUT2D eigenvalue weighted by molar-refractivity contribution is 0.228. The maximum absolute atomic E-state index is 13.1. The molecule has 0 saturated carbocycles. The van der Waals surface area contributed by atoms with Crippen LogP contribution in [0.4, 0.5) is 0 Å². The van der Waals surface area contributed by atoms with Crippen LogP contribution < -0.4 is 5.32 Å². The van der Waals surface area contributed by atoms with E-state index in [9.17, 15) is 8.42 Å². The molecule has 23 heavy (non-hydrogen) atoms. The molecule has 0 aliphatic carbocycles. The van der Waals surface area contributed by atoms with Gasteiger partial charge in [-0.2, -0.15) is 4.31 Å². The highest BCUT2D eigenvalue weighted by atomic mass is 35.5. The fourth-order valence-electron chi connectivity index (χ4n) is 3.78. The molecule has 2 unspecified atom stereocenters. The molecule has 0 spiro atoms. The summed E-state index contributed by atoms with van der Waals surface area (Å²) in [5.41, 5.74) is 0. The van der Waals surface area contributed by atoms with E-state index in [1.54, 1.807) is 10.4 Å². The summed E-state index contributed by atoms with van der Waals surface area (Å²) in [4.78, 5) is 0.440. The van der Waals surface area contributed by atoms with E-state index < -0.39 is 10.0 Å². The molecule has 0 bridgehead atoms. The summed E-state index contributed by atoms with van der Waals surface area (Å²) in [5, 5.41) is 5.17. The van der Waals surface area contributed by atoms with Gasteiger partial charge in [-0.1, -0.05) is 36.4 Å². The number of halogens is 1. The van der Waals surface area contributed by atoms with Crippen LogP contribution >= 0.6 is 12.4 Å². The van der Waals surface area contributed by atoms with Gasteiger partial charge in [0.1, 0.15) is 0 Å². The second-order valence-corrected chi connectivity index (χ2v) is 8.21. The first-order chi connectivity index (χ1) is 10.7. The van der Waals surface area contributed by atoms with Crippen LogP contribution in [0.2, 0.25) is 0 Å². The first kappa shape index (κ1) is 16.7. The second kappa shape index (κ2) is 6.40. The Morgan fingerprint density at radius 2 is 1.74 bits per heavy atom. The molecule has 0 radical (unpaired) electrons. The van der Waals surface area contributed by atoms with Gasteiger partial charge in [0.2, 0.25) is 10.0 Å². The van der Waals surface area contributed by atoms with Gasteiger partial charge >= 0.3 is 0 Å². The minimum atomic E-state index is -3.42. The van der Waals surface area contributed by atoms with Crippen molar-refractivity contribution in [2.75, 3.05) is 26.2 Å². The van der Waals surface area contributed by atoms with Gasteiger partial charge < -0.3 is 5.32 Å². The Kier molecular flexibility index (Phi) is 4.65. The molecule has 124 valence electrons. The maximum atomic E-state index is 13.1. The van der Waals surface area contributed by atoms with Crippen molar-refractivity contribution in [3.8, 4) is 0 Å². The van der Waals surface area contributed by atoms with E-state index in [2.05, 4.69) is 5.32 Å². The predicted octanol–water partition coefficient (Wildman–Crippen LogP) is 2.49. The molecule has 0 amide bonds. The van der Waals surface area contributed by atoms with Crippen molar-refractivity contribution in [2.45, 2.75) is 11.3 Å². The molecule has 2 aliphatic heterocycles. The lowest BCUT2D eigenvalue weighted by Gasteiger charge is -2.33. The summed E-state index contributed by atoms with van der Waals surface area (Å²) in [6.45, 7) is 3.25. The standard InChI is InChI=1S/C17H20N2O2S.ClH/c20-22(21,19-9-8-14-10-18-11-15(14)12-19)17-7-3-5-13-4-1-2-6-16(13)17;/h1-7,14-15,18H,8-12H2;1H. The summed E-state index contributed by atoms with van der Waals surface area (Å²) >= 11 is 0. The smallest absolute Gasteiger partial charge is 0.243 e. The molecule has 4 rings (SSSR count). The molecular formula is C17H21ClN2O2S. The topological polar surface area (TPSA) is 49.4 Å². The van der Waals surface area contributed by atoms with E-state index in [4.69, 9.17) is 0 Å². The molecule has 2 heterocycles. The summed E-state index contributed by atoms with van der Waals surface area (Å²) in [5.74, 6) is 1.09. The Balaban J connectivity index is 0.00000156. The minimum Gasteiger partial charge on any atom is -0.316 e. The Bertz CT molecular complexity index is 804. The van der Waals surface area contributed by atoms with Crippen LogP contribution in [0.15, 0.2) is 47.4 Å². The molecule has 4 nitrogen and oxygen atoms in total. The number of rotatable bonds is 2. The average molecular weight is 353 g/mol. The van der Waals surface area contributed by atoms with Crippen molar-refractivity contribution in [2.24, 2.45) is 11.8 Å². The SMILES string of the molecule is Cl.O=S(=O)(c1cccc2ccccc12)N1CCC2CNCC2C1. The van der Waals surface area contributed by atoms with Crippen LogP contribution in [0.25, 0.3) is 10.8 Å². The fraction of sp³-hybridized carbons (Fsp3) is 0.412. The number of nitrogens with zero attached hydrogens (tertiary/aromatic N) is 1. The Morgan fingerprint density at radius 3 is 2.61 bits per heavy atom. The van der Waals surface area contributed by atoms with Crippen molar-refractivity contribution in [1.29, 1.82) is 0 Å². The minimum absolute atomic E-state index is 0. The molecule has 1 N–H and O–H groups in total. The largest absolute Gasteiger partial charge is 0.316 e. The quantitative estimate of drug-likeness (QED) is 0.903. The third kappa shape index (κ3) is 2.87. The number of nitrogens with one attached hydrogen (secondary N) is 1. The highest BCUT2D eigenvalue weighted by Crippen LogP contribution is 2.32. The van der Waals surface area contributed by atoms with E-state index in [1.165, 1.54) is 0 Å². The van der Waals surface area contributed by atoms with Crippen LogP contribution in [-0.2, 0) is 10.0 Å². The van der Waals surface area contributed by atoms with Gasteiger partial charge in [0.15, 0.2) is 0 Å². The number of fused-ring (bicyclic) bond motifs is 2. The van der Waals surface area contributed by atoms with Gasteiger partial charge in [0.05, 0.1) is 4.90 Å². The van der Waals surface area contributed by atoms with Crippen LogP contribution in [0.3, 0.4) is 0 Å². The summed E-state index contributed by atoms with van der Waals surface area (Å²) in [6.07, 6.45) is 0.960. The fourth-order valence-corrected chi connectivity index (χ4v) is 5.51. The van der Waals surface area contributed by atoms with E-state index in [1.807, 2.05) is 36.4 Å². The normalized spacial score (nSPS) is 25.0. The highest BCUT2D eigenvalue weighted by molar-refractivity contribution is 7.89. The number of sulfonamides is 1. The van der Waals surface area contributed by atoms with E-state index in [0.717, 1.165) is 30.3 Å². The lowest BCUT2D eigenvalue weighted by Crippen LogP contribution is -2.43. The van der Waals surface area contributed by atoms with Crippen LogP contribution in [-0.4, -0.2) is 38.9 Å².